The summed E-state index contributed by atoms with van der Waals surface area (Å²) in [4.78, 5) is 38.9. The second-order valence-corrected chi connectivity index (χ2v) is 11.5. The number of hydrogen-bond acceptors (Lipinski definition) is 6. The Hall–Kier alpha value is -5.45. The average Bonchev–Trinajstić information content (AvgIpc) is 3.66. The number of amides is 1. The SMILES string of the molecule is Cc1cccc(OCCCC(=O)N2CCCc3c(-c4cnn(Cc5cccc(-n6cnn(CC(=O)O)c6=O)c5)c4)cccc32)c1C. The predicted molar refractivity (Wildman–Crippen MR) is 174 cm³/mol. The van der Waals surface area contributed by atoms with Crippen molar-refractivity contribution >= 4 is 17.6 Å². The molecule has 0 saturated heterocycles. The number of ether oxygens (including phenoxy) is 1. The molecule has 236 valence electrons. The van der Waals surface area contributed by atoms with Crippen LogP contribution < -0.4 is 15.3 Å². The number of benzene rings is 3. The van der Waals surface area contributed by atoms with Gasteiger partial charge in [-0.05, 0) is 85.2 Å². The number of nitrogens with zero attached hydrogens (tertiary/aromatic N) is 6. The summed E-state index contributed by atoms with van der Waals surface area (Å²) in [5.74, 6) is -0.163. The minimum atomic E-state index is -1.13. The topological polar surface area (TPSA) is 124 Å². The van der Waals surface area contributed by atoms with Crippen LogP contribution in [0.15, 0.2) is 84.2 Å². The summed E-state index contributed by atoms with van der Waals surface area (Å²) in [5, 5.41) is 17.5. The van der Waals surface area contributed by atoms with E-state index in [1.807, 2.05) is 71.4 Å². The molecule has 0 bridgehead atoms. The van der Waals surface area contributed by atoms with Gasteiger partial charge in [0.05, 0.1) is 25.0 Å². The number of fused-ring (bicyclic) bond motifs is 1. The summed E-state index contributed by atoms with van der Waals surface area (Å²) >= 11 is 0. The van der Waals surface area contributed by atoms with Gasteiger partial charge in [-0.25, -0.2) is 14.0 Å². The van der Waals surface area contributed by atoms with Crippen LogP contribution in [-0.4, -0.2) is 54.3 Å². The zero-order chi connectivity index (χ0) is 32.2. The second kappa shape index (κ2) is 13.3. The van der Waals surface area contributed by atoms with Gasteiger partial charge in [0.25, 0.3) is 0 Å². The van der Waals surface area contributed by atoms with Crippen molar-refractivity contribution in [2.45, 2.75) is 52.6 Å². The lowest BCUT2D eigenvalue weighted by molar-refractivity contribution is -0.138. The van der Waals surface area contributed by atoms with Crippen LogP contribution in [0.1, 0.15) is 41.5 Å². The van der Waals surface area contributed by atoms with Gasteiger partial charge >= 0.3 is 11.7 Å². The molecule has 2 aromatic heterocycles. The first-order valence-electron chi connectivity index (χ1n) is 15.4. The minimum Gasteiger partial charge on any atom is -0.493 e. The molecule has 6 rings (SSSR count). The van der Waals surface area contributed by atoms with Crippen molar-refractivity contribution in [1.82, 2.24) is 24.1 Å². The third kappa shape index (κ3) is 6.49. The van der Waals surface area contributed by atoms with E-state index in [1.165, 1.54) is 16.5 Å². The molecule has 0 unspecified atom stereocenters. The molecule has 0 radical (unpaired) electrons. The van der Waals surface area contributed by atoms with Crippen LogP contribution in [0.3, 0.4) is 0 Å². The van der Waals surface area contributed by atoms with Gasteiger partial charge in [0.15, 0.2) is 0 Å². The fourth-order valence-corrected chi connectivity index (χ4v) is 5.91. The molecule has 0 spiro atoms. The lowest BCUT2D eigenvalue weighted by Gasteiger charge is -2.31. The highest BCUT2D eigenvalue weighted by molar-refractivity contribution is 5.96. The van der Waals surface area contributed by atoms with E-state index < -0.39 is 18.2 Å². The fourth-order valence-electron chi connectivity index (χ4n) is 5.91. The number of aliphatic carboxylic acids is 1. The third-order valence-electron chi connectivity index (χ3n) is 8.40. The van der Waals surface area contributed by atoms with Gasteiger partial charge in [0.1, 0.15) is 18.6 Å². The van der Waals surface area contributed by atoms with E-state index in [2.05, 4.69) is 29.3 Å². The van der Waals surface area contributed by atoms with Crippen molar-refractivity contribution in [2.75, 3.05) is 18.1 Å². The maximum Gasteiger partial charge on any atom is 0.350 e. The largest absolute Gasteiger partial charge is 0.493 e. The molecule has 1 aliphatic heterocycles. The molecule has 0 fully saturated rings. The highest BCUT2D eigenvalue weighted by Crippen LogP contribution is 2.36. The van der Waals surface area contributed by atoms with Crippen LogP contribution in [0, 0.1) is 13.8 Å². The Kier molecular flexibility index (Phi) is 8.82. The number of carbonyl (C=O) groups is 2. The number of carbonyl (C=O) groups excluding carboxylic acids is 1. The standard InChI is InChI=1S/C35H36N6O5/c1-24-8-3-14-32(25(24)2)46-17-7-15-33(42)39-16-6-12-30-29(11-5-13-31(30)39)27-19-36-38(21-27)20-26-9-4-10-28(18-26)40-23-37-41(35(40)45)22-34(43)44/h3-5,8-11,13-14,18-19,21,23H,6-7,12,15-17,20,22H2,1-2H3,(H,43,44). The molecule has 11 heteroatoms. The molecule has 0 atom stereocenters. The summed E-state index contributed by atoms with van der Waals surface area (Å²) in [5.41, 5.74) is 7.43. The number of hydrogen-bond donors (Lipinski definition) is 1. The first-order valence-corrected chi connectivity index (χ1v) is 15.4. The Bertz CT molecular complexity index is 1950. The molecule has 1 aliphatic rings. The van der Waals surface area contributed by atoms with Gasteiger partial charge in [-0.15, -0.1) is 0 Å². The van der Waals surface area contributed by atoms with E-state index in [-0.39, 0.29) is 5.91 Å². The average molecular weight is 621 g/mol. The maximum atomic E-state index is 13.3. The number of aromatic nitrogens is 5. The summed E-state index contributed by atoms with van der Waals surface area (Å²) in [7, 11) is 0. The molecule has 3 aromatic carbocycles. The number of carboxylic acid groups (broad SMARTS) is 1. The Morgan fingerprint density at radius 1 is 1.02 bits per heavy atom. The van der Waals surface area contributed by atoms with Gasteiger partial charge in [-0.1, -0.05) is 36.4 Å². The van der Waals surface area contributed by atoms with Crippen molar-refractivity contribution < 1.29 is 19.4 Å². The number of rotatable bonds is 11. The molecule has 3 heterocycles. The van der Waals surface area contributed by atoms with Crippen molar-refractivity contribution in [3.63, 3.8) is 0 Å². The predicted octanol–water partition coefficient (Wildman–Crippen LogP) is 4.79. The van der Waals surface area contributed by atoms with Crippen LogP contribution >= 0.6 is 0 Å². The van der Waals surface area contributed by atoms with Crippen LogP contribution in [-0.2, 0) is 29.1 Å². The van der Waals surface area contributed by atoms with Gasteiger partial charge in [0, 0.05) is 30.4 Å². The van der Waals surface area contributed by atoms with Gasteiger partial charge < -0.3 is 14.7 Å². The van der Waals surface area contributed by atoms with Crippen LogP contribution in [0.25, 0.3) is 16.8 Å². The van der Waals surface area contributed by atoms with Crippen LogP contribution in [0.2, 0.25) is 0 Å². The van der Waals surface area contributed by atoms with E-state index in [4.69, 9.17) is 9.84 Å². The fraction of sp³-hybridized carbons (Fsp3) is 0.286. The molecule has 46 heavy (non-hydrogen) atoms. The molecule has 11 nitrogen and oxygen atoms in total. The number of anilines is 1. The Morgan fingerprint density at radius 2 is 1.85 bits per heavy atom. The smallest absolute Gasteiger partial charge is 0.350 e. The molecule has 0 saturated carbocycles. The van der Waals surface area contributed by atoms with Crippen molar-refractivity contribution in [3.8, 4) is 22.6 Å². The first kappa shape index (κ1) is 30.6. The third-order valence-corrected chi connectivity index (χ3v) is 8.40. The summed E-state index contributed by atoms with van der Waals surface area (Å²) in [6, 6.07) is 19.5. The van der Waals surface area contributed by atoms with E-state index in [0.717, 1.165) is 56.8 Å². The van der Waals surface area contributed by atoms with Crippen molar-refractivity contribution in [1.29, 1.82) is 0 Å². The van der Waals surface area contributed by atoms with E-state index in [1.54, 1.807) is 6.07 Å². The van der Waals surface area contributed by atoms with Gasteiger partial charge in [-0.2, -0.15) is 10.2 Å². The summed E-state index contributed by atoms with van der Waals surface area (Å²) in [6.45, 7) is 5.27. The van der Waals surface area contributed by atoms with Gasteiger partial charge in [0.2, 0.25) is 5.91 Å². The van der Waals surface area contributed by atoms with Crippen LogP contribution in [0.4, 0.5) is 5.69 Å². The van der Waals surface area contributed by atoms with Crippen molar-refractivity contribution in [3.05, 3.63) is 112 Å². The molecule has 0 aliphatic carbocycles. The minimum absolute atomic E-state index is 0.103. The summed E-state index contributed by atoms with van der Waals surface area (Å²) < 4.78 is 10.0. The second-order valence-electron chi connectivity index (χ2n) is 11.5. The highest BCUT2D eigenvalue weighted by Gasteiger charge is 2.25. The normalized spacial score (nSPS) is 12.6. The van der Waals surface area contributed by atoms with Crippen molar-refractivity contribution in [2.24, 2.45) is 0 Å². The Morgan fingerprint density at radius 3 is 2.70 bits per heavy atom. The highest BCUT2D eigenvalue weighted by atomic mass is 16.5. The zero-order valence-electron chi connectivity index (χ0n) is 25.9. The van der Waals surface area contributed by atoms with E-state index in [0.29, 0.717) is 38.2 Å². The maximum absolute atomic E-state index is 13.3. The molecule has 5 aromatic rings. The quantitative estimate of drug-likeness (QED) is 0.211. The number of carboxylic acids is 1. The first-order chi connectivity index (χ1) is 22.3. The van der Waals surface area contributed by atoms with E-state index in [9.17, 15) is 14.4 Å². The Balaban J connectivity index is 1.13. The molecule has 1 amide bonds. The number of aryl methyl sites for hydroxylation is 1. The van der Waals surface area contributed by atoms with Gasteiger partial charge in [-0.3, -0.25) is 14.3 Å². The van der Waals surface area contributed by atoms with Crippen LogP contribution in [0.5, 0.6) is 5.75 Å². The molecule has 1 N–H and O–H groups in total. The van der Waals surface area contributed by atoms with E-state index >= 15 is 0 Å². The molecular formula is C35H36N6O5. The lowest BCUT2D eigenvalue weighted by Crippen LogP contribution is -2.35. The lowest BCUT2D eigenvalue weighted by atomic mass is 9.93. The Labute approximate surface area is 266 Å². The summed E-state index contributed by atoms with van der Waals surface area (Å²) in [6.07, 6.45) is 7.98. The monoisotopic (exact) mass is 620 g/mol. The zero-order valence-corrected chi connectivity index (χ0v) is 25.9. The molecular weight excluding hydrogens is 584 g/mol.